The summed E-state index contributed by atoms with van der Waals surface area (Å²) in [4.78, 5) is 0. The summed E-state index contributed by atoms with van der Waals surface area (Å²) in [7, 11) is 0. The fourth-order valence-electron chi connectivity index (χ4n) is 3.45. The van der Waals surface area contributed by atoms with Crippen molar-refractivity contribution in [2.45, 2.75) is 58.4 Å². The van der Waals surface area contributed by atoms with E-state index in [1.54, 1.807) is 0 Å². The van der Waals surface area contributed by atoms with Crippen molar-refractivity contribution in [1.29, 1.82) is 0 Å². The molecule has 0 amide bonds. The number of nitrogens with two attached hydrogens (primary N) is 1. The molecule has 2 fully saturated rings. The topological polar surface area (TPSA) is 26.0 Å². The summed E-state index contributed by atoms with van der Waals surface area (Å²) >= 11 is 0. The van der Waals surface area contributed by atoms with Crippen molar-refractivity contribution in [1.82, 2.24) is 0 Å². The third-order valence-electron chi connectivity index (χ3n) is 4.57. The predicted molar refractivity (Wildman–Crippen MR) is 61.0 cm³/mol. The maximum absolute atomic E-state index is 6.14. The Hall–Kier alpha value is -0.0400. The Balaban J connectivity index is 1.86. The molecule has 2 aliphatic carbocycles. The van der Waals surface area contributed by atoms with E-state index >= 15 is 0 Å². The minimum Gasteiger partial charge on any atom is -0.328 e. The van der Waals surface area contributed by atoms with E-state index < -0.39 is 0 Å². The van der Waals surface area contributed by atoms with Gasteiger partial charge in [0, 0.05) is 6.04 Å². The van der Waals surface area contributed by atoms with Crippen molar-refractivity contribution in [3.8, 4) is 0 Å². The van der Waals surface area contributed by atoms with E-state index in [1.165, 1.54) is 38.5 Å². The molecule has 0 aliphatic heterocycles. The zero-order valence-corrected chi connectivity index (χ0v) is 9.71. The van der Waals surface area contributed by atoms with Crippen molar-refractivity contribution in [3.63, 3.8) is 0 Å². The van der Waals surface area contributed by atoms with Gasteiger partial charge in [0.25, 0.3) is 0 Å². The quantitative estimate of drug-likeness (QED) is 0.631. The second kappa shape index (κ2) is 4.22. The van der Waals surface area contributed by atoms with Gasteiger partial charge in [-0.2, -0.15) is 0 Å². The molecule has 2 saturated carbocycles. The van der Waals surface area contributed by atoms with Crippen LogP contribution in [-0.2, 0) is 0 Å². The van der Waals surface area contributed by atoms with E-state index in [9.17, 15) is 0 Å². The number of fused-ring (bicyclic) bond motifs is 1. The van der Waals surface area contributed by atoms with Crippen molar-refractivity contribution in [3.05, 3.63) is 0 Å². The van der Waals surface area contributed by atoms with Gasteiger partial charge in [0.15, 0.2) is 0 Å². The molecule has 1 heteroatoms. The average molecular weight is 195 g/mol. The zero-order valence-electron chi connectivity index (χ0n) is 9.71. The highest BCUT2D eigenvalue weighted by molar-refractivity contribution is 4.94. The Morgan fingerprint density at radius 2 is 1.64 bits per heavy atom. The molecule has 0 bridgehead atoms. The van der Waals surface area contributed by atoms with Gasteiger partial charge in [0.1, 0.15) is 0 Å². The Morgan fingerprint density at radius 3 is 2.43 bits per heavy atom. The van der Waals surface area contributed by atoms with Crippen LogP contribution in [0, 0.1) is 23.7 Å². The van der Waals surface area contributed by atoms with Crippen LogP contribution in [-0.4, -0.2) is 6.04 Å². The lowest BCUT2D eigenvalue weighted by atomic mass is 9.91. The molecule has 0 heterocycles. The molecule has 82 valence electrons. The molecule has 0 radical (unpaired) electrons. The van der Waals surface area contributed by atoms with E-state index in [2.05, 4.69) is 13.8 Å². The van der Waals surface area contributed by atoms with Gasteiger partial charge in [0.05, 0.1) is 0 Å². The van der Waals surface area contributed by atoms with Crippen molar-refractivity contribution in [2.24, 2.45) is 29.4 Å². The molecule has 2 aliphatic rings. The van der Waals surface area contributed by atoms with Crippen LogP contribution in [0.3, 0.4) is 0 Å². The molecule has 14 heavy (non-hydrogen) atoms. The highest BCUT2D eigenvalue weighted by Gasteiger charge is 2.45. The SMILES string of the molecule is CC1CCCC2C(CCC(N)C1)[C@H]2C. The highest BCUT2D eigenvalue weighted by Crippen LogP contribution is 2.52. The van der Waals surface area contributed by atoms with Gasteiger partial charge in [0.2, 0.25) is 0 Å². The number of hydrogen-bond acceptors (Lipinski definition) is 1. The minimum absolute atomic E-state index is 0.483. The van der Waals surface area contributed by atoms with Crippen LogP contribution in [0.1, 0.15) is 52.4 Å². The lowest BCUT2D eigenvalue weighted by Crippen LogP contribution is -2.23. The van der Waals surface area contributed by atoms with Crippen LogP contribution >= 0.6 is 0 Å². The van der Waals surface area contributed by atoms with E-state index in [-0.39, 0.29) is 0 Å². The smallest absolute Gasteiger partial charge is 0.00414 e. The molecular formula is C13H25N. The largest absolute Gasteiger partial charge is 0.328 e. The Bertz CT molecular complexity index is 190. The number of rotatable bonds is 0. The first-order valence-corrected chi connectivity index (χ1v) is 6.44. The molecule has 5 atom stereocenters. The molecule has 0 aromatic rings. The Labute approximate surface area is 88.4 Å². The molecule has 2 N–H and O–H groups in total. The molecule has 0 aromatic carbocycles. The van der Waals surface area contributed by atoms with E-state index in [0.717, 1.165) is 23.7 Å². The molecule has 0 aromatic heterocycles. The van der Waals surface area contributed by atoms with Gasteiger partial charge in [-0.15, -0.1) is 0 Å². The fraction of sp³-hybridized carbons (Fsp3) is 1.00. The van der Waals surface area contributed by atoms with Gasteiger partial charge in [-0.25, -0.2) is 0 Å². The number of hydrogen-bond donors (Lipinski definition) is 1. The summed E-state index contributed by atoms with van der Waals surface area (Å²) in [6, 6.07) is 0.483. The van der Waals surface area contributed by atoms with Crippen LogP contribution < -0.4 is 5.73 Å². The standard InChI is InChI=1S/C13H25N/c1-9-4-3-5-12-10(2)13(12)7-6-11(14)8-9/h9-13H,3-8,14H2,1-2H3/t9?,10-,11?,12?,13?/m0/s1. The van der Waals surface area contributed by atoms with E-state index in [4.69, 9.17) is 5.73 Å². The third kappa shape index (κ3) is 2.31. The summed E-state index contributed by atoms with van der Waals surface area (Å²) in [5, 5.41) is 0. The summed E-state index contributed by atoms with van der Waals surface area (Å²) in [6.45, 7) is 4.80. The predicted octanol–water partition coefficient (Wildman–Crippen LogP) is 3.19. The van der Waals surface area contributed by atoms with Gasteiger partial charge in [-0.3, -0.25) is 0 Å². The summed E-state index contributed by atoms with van der Waals surface area (Å²) in [5.74, 6) is 3.97. The molecule has 0 spiro atoms. The normalized spacial score (nSPS) is 49.5. The maximum atomic E-state index is 6.14. The molecule has 1 nitrogen and oxygen atoms in total. The van der Waals surface area contributed by atoms with Gasteiger partial charge in [-0.05, 0) is 49.4 Å². The maximum Gasteiger partial charge on any atom is 0.00414 e. The fourth-order valence-corrected chi connectivity index (χ4v) is 3.45. The van der Waals surface area contributed by atoms with E-state index in [0.29, 0.717) is 6.04 Å². The van der Waals surface area contributed by atoms with Crippen LogP contribution in [0.25, 0.3) is 0 Å². The molecule has 4 unspecified atom stereocenters. The van der Waals surface area contributed by atoms with Crippen LogP contribution in [0.4, 0.5) is 0 Å². The van der Waals surface area contributed by atoms with Crippen molar-refractivity contribution >= 4 is 0 Å². The summed E-state index contributed by atoms with van der Waals surface area (Å²) in [6.07, 6.45) is 8.27. The van der Waals surface area contributed by atoms with Crippen LogP contribution in [0.2, 0.25) is 0 Å². The summed E-state index contributed by atoms with van der Waals surface area (Å²) in [5.41, 5.74) is 6.14. The Morgan fingerprint density at radius 1 is 0.929 bits per heavy atom. The average Bonchev–Trinajstić information content (AvgIpc) is 2.73. The lowest BCUT2D eigenvalue weighted by molar-refractivity contribution is 0.375. The van der Waals surface area contributed by atoms with Gasteiger partial charge in [-0.1, -0.05) is 26.7 Å². The van der Waals surface area contributed by atoms with E-state index in [1.807, 2.05) is 0 Å². The second-order valence-electron chi connectivity index (χ2n) is 5.80. The first-order valence-electron chi connectivity index (χ1n) is 6.44. The van der Waals surface area contributed by atoms with Crippen molar-refractivity contribution in [2.75, 3.05) is 0 Å². The van der Waals surface area contributed by atoms with Gasteiger partial charge < -0.3 is 5.73 Å². The molecule has 2 rings (SSSR count). The van der Waals surface area contributed by atoms with Crippen LogP contribution in [0.5, 0.6) is 0 Å². The monoisotopic (exact) mass is 195 g/mol. The second-order valence-corrected chi connectivity index (χ2v) is 5.80. The lowest BCUT2D eigenvalue weighted by Gasteiger charge is -2.18. The highest BCUT2D eigenvalue weighted by atomic mass is 14.6. The first kappa shape index (κ1) is 10.5. The zero-order chi connectivity index (χ0) is 10.1. The minimum atomic E-state index is 0.483. The molecule has 0 saturated heterocycles. The Kier molecular flexibility index (Phi) is 3.16. The van der Waals surface area contributed by atoms with Crippen LogP contribution in [0.15, 0.2) is 0 Å². The third-order valence-corrected chi connectivity index (χ3v) is 4.57. The molecular weight excluding hydrogens is 170 g/mol. The summed E-state index contributed by atoms with van der Waals surface area (Å²) < 4.78 is 0. The van der Waals surface area contributed by atoms with Crippen molar-refractivity contribution < 1.29 is 0 Å². The first-order chi connectivity index (χ1) is 6.68. The van der Waals surface area contributed by atoms with Gasteiger partial charge >= 0.3 is 0 Å².